The van der Waals surface area contributed by atoms with Gasteiger partial charge in [0.25, 0.3) is 0 Å². The van der Waals surface area contributed by atoms with Crippen molar-refractivity contribution in [2.75, 3.05) is 19.6 Å². The van der Waals surface area contributed by atoms with Gasteiger partial charge in [-0.3, -0.25) is 9.69 Å². The Morgan fingerprint density at radius 3 is 2.67 bits per heavy atom. The Hall–Kier alpha value is -1.10. The second-order valence-electron chi connectivity index (χ2n) is 7.30. The Labute approximate surface area is 149 Å². The van der Waals surface area contributed by atoms with E-state index in [0.717, 1.165) is 43.8 Å². The summed E-state index contributed by atoms with van der Waals surface area (Å²) in [6, 6.07) is 8.05. The molecule has 3 rings (SSSR count). The lowest BCUT2D eigenvalue weighted by Gasteiger charge is -2.43. The van der Waals surface area contributed by atoms with Crippen molar-refractivity contribution in [3.05, 3.63) is 34.9 Å². The lowest BCUT2D eigenvalue weighted by atomic mass is 9.64. The Bertz CT molecular complexity index is 578. The van der Waals surface area contributed by atoms with Crippen LogP contribution in [-0.4, -0.2) is 41.8 Å². The van der Waals surface area contributed by atoms with Gasteiger partial charge in [-0.2, -0.15) is 0 Å². The zero-order valence-electron chi connectivity index (χ0n) is 14.3. The van der Waals surface area contributed by atoms with Crippen LogP contribution < -0.4 is 5.32 Å². The zero-order valence-corrected chi connectivity index (χ0v) is 15.1. The van der Waals surface area contributed by atoms with Gasteiger partial charge in [-0.15, -0.1) is 0 Å². The number of carbonyl (C=O) groups excluding carboxylic acids is 1. The first kappa shape index (κ1) is 17.7. The first-order valence-corrected chi connectivity index (χ1v) is 9.34. The van der Waals surface area contributed by atoms with Crippen LogP contribution in [0.25, 0.3) is 0 Å². The third-order valence-electron chi connectivity index (χ3n) is 5.78. The number of likely N-dealkylation sites (tertiary alicyclic amines) is 1. The molecule has 0 aromatic heterocycles. The van der Waals surface area contributed by atoms with Crippen LogP contribution in [0.15, 0.2) is 24.3 Å². The van der Waals surface area contributed by atoms with Crippen LogP contribution in [0.3, 0.4) is 0 Å². The summed E-state index contributed by atoms with van der Waals surface area (Å²) in [4.78, 5) is 14.6. The molecule has 1 unspecified atom stereocenters. The normalized spacial score (nSPS) is 22.6. The fourth-order valence-corrected chi connectivity index (χ4v) is 4.12. The maximum absolute atomic E-state index is 12.5. The molecular formula is C19H27ClN2O2. The summed E-state index contributed by atoms with van der Waals surface area (Å²) in [6.07, 6.45) is 4.63. The molecule has 0 bridgehead atoms. The minimum Gasteiger partial charge on any atom is -0.379 e. The summed E-state index contributed by atoms with van der Waals surface area (Å²) in [5.41, 5.74) is 1.30. The fraction of sp³-hybridized carbons (Fsp3) is 0.632. The number of piperidine rings is 1. The molecule has 24 heavy (non-hydrogen) atoms. The SMILES string of the molecule is CC(O)N1CCC(C(=O)NCC2(c3cccc(Cl)c3)CCC2)CC1. The third-order valence-corrected chi connectivity index (χ3v) is 6.01. The number of rotatable bonds is 5. The fourth-order valence-electron chi connectivity index (χ4n) is 3.93. The van der Waals surface area contributed by atoms with Gasteiger partial charge in [-0.05, 0) is 50.3 Å². The van der Waals surface area contributed by atoms with Crippen molar-refractivity contribution in [3.63, 3.8) is 0 Å². The number of carbonyl (C=O) groups is 1. The van der Waals surface area contributed by atoms with Crippen molar-refractivity contribution < 1.29 is 9.90 Å². The smallest absolute Gasteiger partial charge is 0.223 e. The minimum atomic E-state index is -0.421. The van der Waals surface area contributed by atoms with E-state index in [1.807, 2.05) is 23.1 Å². The Kier molecular flexibility index (Phi) is 5.48. The second-order valence-corrected chi connectivity index (χ2v) is 7.74. The average Bonchev–Trinajstić information content (AvgIpc) is 2.54. The standard InChI is InChI=1S/C19H27ClN2O2/c1-14(23)22-10-6-15(7-11-22)18(24)21-13-19(8-3-9-19)16-4-2-5-17(20)12-16/h2,4-5,12,14-15,23H,3,6-11,13H2,1H3,(H,21,24). The maximum atomic E-state index is 12.5. The van der Waals surface area contributed by atoms with E-state index in [1.165, 1.54) is 12.0 Å². The van der Waals surface area contributed by atoms with Gasteiger partial charge in [0.15, 0.2) is 0 Å². The molecule has 1 aliphatic heterocycles. The van der Waals surface area contributed by atoms with Crippen molar-refractivity contribution in [1.29, 1.82) is 0 Å². The first-order chi connectivity index (χ1) is 11.5. The Morgan fingerprint density at radius 1 is 1.42 bits per heavy atom. The highest BCUT2D eigenvalue weighted by Crippen LogP contribution is 2.43. The maximum Gasteiger partial charge on any atom is 0.223 e. The monoisotopic (exact) mass is 350 g/mol. The molecule has 2 aliphatic rings. The van der Waals surface area contributed by atoms with Gasteiger partial charge < -0.3 is 10.4 Å². The molecule has 4 nitrogen and oxygen atoms in total. The van der Waals surface area contributed by atoms with Crippen LogP contribution >= 0.6 is 11.6 Å². The predicted molar refractivity (Wildman–Crippen MR) is 96.0 cm³/mol. The van der Waals surface area contributed by atoms with E-state index >= 15 is 0 Å². The van der Waals surface area contributed by atoms with E-state index in [9.17, 15) is 9.90 Å². The highest BCUT2D eigenvalue weighted by Gasteiger charge is 2.39. The first-order valence-electron chi connectivity index (χ1n) is 8.96. The van der Waals surface area contributed by atoms with Gasteiger partial charge in [0.05, 0.1) is 0 Å². The van der Waals surface area contributed by atoms with Gasteiger partial charge in [0.1, 0.15) is 6.23 Å². The van der Waals surface area contributed by atoms with E-state index < -0.39 is 6.23 Å². The van der Waals surface area contributed by atoms with E-state index in [4.69, 9.17) is 11.6 Å². The Morgan fingerprint density at radius 2 is 2.12 bits per heavy atom. The number of benzene rings is 1. The molecule has 0 spiro atoms. The lowest BCUT2D eigenvalue weighted by molar-refractivity contribution is -0.128. The summed E-state index contributed by atoms with van der Waals surface area (Å²) in [6.45, 7) is 4.05. The van der Waals surface area contributed by atoms with Crippen molar-refractivity contribution in [2.45, 2.75) is 50.7 Å². The van der Waals surface area contributed by atoms with E-state index in [-0.39, 0.29) is 17.2 Å². The molecule has 1 atom stereocenters. The lowest BCUT2D eigenvalue weighted by Crippen LogP contribution is -2.49. The average molecular weight is 351 g/mol. The molecular weight excluding hydrogens is 324 g/mol. The molecule has 1 heterocycles. The van der Waals surface area contributed by atoms with Crippen LogP contribution in [0.2, 0.25) is 5.02 Å². The van der Waals surface area contributed by atoms with Crippen LogP contribution in [0, 0.1) is 5.92 Å². The van der Waals surface area contributed by atoms with Gasteiger partial charge in [0.2, 0.25) is 5.91 Å². The summed E-state index contributed by atoms with van der Waals surface area (Å²) in [5, 5.41) is 13.6. The van der Waals surface area contributed by atoms with Gasteiger partial charge in [-0.25, -0.2) is 0 Å². The number of nitrogens with zero attached hydrogens (tertiary/aromatic N) is 1. The van der Waals surface area contributed by atoms with Gasteiger partial charge in [-0.1, -0.05) is 30.2 Å². The van der Waals surface area contributed by atoms with Crippen LogP contribution in [0.5, 0.6) is 0 Å². The number of halogens is 1. The molecule has 0 radical (unpaired) electrons. The molecule has 1 aromatic carbocycles. The topological polar surface area (TPSA) is 52.6 Å². The third kappa shape index (κ3) is 3.76. The minimum absolute atomic E-state index is 0.0564. The quantitative estimate of drug-likeness (QED) is 0.858. The largest absolute Gasteiger partial charge is 0.379 e. The molecule has 1 saturated heterocycles. The number of hydrogen-bond acceptors (Lipinski definition) is 3. The van der Waals surface area contributed by atoms with Crippen LogP contribution in [0.1, 0.15) is 44.6 Å². The molecule has 1 aliphatic carbocycles. The number of aliphatic hydroxyl groups is 1. The second kappa shape index (κ2) is 7.42. The van der Waals surface area contributed by atoms with Crippen molar-refractivity contribution in [2.24, 2.45) is 5.92 Å². The molecule has 1 aromatic rings. The van der Waals surface area contributed by atoms with E-state index in [2.05, 4.69) is 11.4 Å². The summed E-state index contributed by atoms with van der Waals surface area (Å²) >= 11 is 6.14. The zero-order chi connectivity index (χ0) is 17.2. The summed E-state index contributed by atoms with van der Waals surface area (Å²) in [7, 11) is 0. The van der Waals surface area contributed by atoms with Crippen molar-refractivity contribution in [3.8, 4) is 0 Å². The van der Waals surface area contributed by atoms with Crippen molar-refractivity contribution >= 4 is 17.5 Å². The molecule has 2 fully saturated rings. The molecule has 1 saturated carbocycles. The summed E-state index contributed by atoms with van der Waals surface area (Å²) < 4.78 is 0. The predicted octanol–water partition coefficient (Wildman–Crippen LogP) is 2.93. The molecule has 1 amide bonds. The van der Waals surface area contributed by atoms with Crippen LogP contribution in [-0.2, 0) is 10.2 Å². The molecule has 5 heteroatoms. The van der Waals surface area contributed by atoms with Crippen molar-refractivity contribution in [1.82, 2.24) is 10.2 Å². The van der Waals surface area contributed by atoms with Crippen LogP contribution in [0.4, 0.5) is 0 Å². The number of amides is 1. The number of hydrogen-bond donors (Lipinski definition) is 2. The summed E-state index contributed by atoms with van der Waals surface area (Å²) in [5.74, 6) is 0.227. The van der Waals surface area contributed by atoms with E-state index in [0.29, 0.717) is 6.54 Å². The number of nitrogens with one attached hydrogen (secondary N) is 1. The van der Waals surface area contributed by atoms with E-state index in [1.54, 1.807) is 6.92 Å². The molecule has 2 N–H and O–H groups in total. The number of aliphatic hydroxyl groups excluding tert-OH is 1. The molecule has 132 valence electrons. The van der Waals surface area contributed by atoms with Gasteiger partial charge >= 0.3 is 0 Å². The highest BCUT2D eigenvalue weighted by atomic mass is 35.5. The van der Waals surface area contributed by atoms with Gasteiger partial charge in [0, 0.05) is 36.0 Å². The highest BCUT2D eigenvalue weighted by molar-refractivity contribution is 6.30. The Balaban J connectivity index is 1.56.